The van der Waals surface area contributed by atoms with Gasteiger partial charge in [-0.2, -0.15) is 5.26 Å². The molecule has 0 atom stereocenters. The lowest BCUT2D eigenvalue weighted by Gasteiger charge is -2.11. The van der Waals surface area contributed by atoms with Gasteiger partial charge in [-0.3, -0.25) is 4.79 Å². The zero-order chi connectivity index (χ0) is 24.1. The van der Waals surface area contributed by atoms with Crippen LogP contribution in [0.4, 0.5) is 5.69 Å². The molecule has 0 aliphatic heterocycles. The van der Waals surface area contributed by atoms with Gasteiger partial charge in [0, 0.05) is 27.8 Å². The molecule has 0 saturated carbocycles. The van der Waals surface area contributed by atoms with E-state index in [9.17, 15) is 14.9 Å². The molecule has 0 saturated heterocycles. The minimum Gasteiger partial charge on any atom is -0.462 e. The number of hydrogen-bond acceptors (Lipinski definition) is 4. The first kappa shape index (κ1) is 23.8. The maximum absolute atomic E-state index is 12.8. The molecule has 0 aliphatic rings. The van der Waals surface area contributed by atoms with Gasteiger partial charge in [0.05, 0.1) is 12.2 Å². The van der Waals surface area contributed by atoms with E-state index < -0.39 is 5.91 Å². The van der Waals surface area contributed by atoms with Crippen molar-refractivity contribution in [3.05, 3.63) is 87.2 Å². The second-order valence-electron chi connectivity index (χ2n) is 7.52. The predicted molar refractivity (Wildman–Crippen MR) is 130 cm³/mol. The van der Waals surface area contributed by atoms with Crippen LogP contribution in [0.5, 0.6) is 0 Å². The number of nitrogens with one attached hydrogen (secondary N) is 1. The normalized spacial score (nSPS) is 11.1. The SMILES string of the molecule is CCOC(=O)c1cccc(-n2c(C)cc(/C=C(/C#N)C(=O)Nc3cc(Cl)ccc3C)c2C)c1. The zero-order valence-corrected chi connectivity index (χ0v) is 19.7. The minimum absolute atomic E-state index is 0.0325. The maximum atomic E-state index is 12.8. The fourth-order valence-electron chi connectivity index (χ4n) is 3.54. The largest absolute Gasteiger partial charge is 0.462 e. The summed E-state index contributed by atoms with van der Waals surface area (Å²) in [6.45, 7) is 7.72. The number of carbonyl (C=O) groups is 2. The highest BCUT2D eigenvalue weighted by atomic mass is 35.5. The number of hydrogen-bond donors (Lipinski definition) is 1. The molecular formula is C26H24ClN3O3. The Kier molecular flexibility index (Phi) is 7.37. The standard InChI is InChI=1S/C26H24ClN3O3/c1-5-33-26(32)19-7-6-8-23(13-19)30-17(3)11-20(18(30)4)12-21(15-28)25(31)29-24-14-22(27)10-9-16(24)2/h6-14H,5H2,1-4H3,(H,29,31)/b21-12-. The van der Waals surface area contributed by atoms with Crippen LogP contribution in [-0.4, -0.2) is 23.1 Å². The van der Waals surface area contributed by atoms with Crippen molar-refractivity contribution in [3.8, 4) is 11.8 Å². The molecule has 0 fully saturated rings. The predicted octanol–water partition coefficient (Wildman–Crippen LogP) is 5.78. The quantitative estimate of drug-likeness (QED) is 0.286. The van der Waals surface area contributed by atoms with Crippen molar-refractivity contribution < 1.29 is 14.3 Å². The van der Waals surface area contributed by atoms with Gasteiger partial charge in [-0.25, -0.2) is 4.79 Å². The average molecular weight is 462 g/mol. The number of anilines is 1. The zero-order valence-electron chi connectivity index (χ0n) is 18.9. The number of aryl methyl sites for hydroxylation is 2. The van der Waals surface area contributed by atoms with Crippen LogP contribution in [0.1, 0.15) is 39.8 Å². The molecule has 0 unspecified atom stereocenters. The fraction of sp³-hybridized carbons (Fsp3) is 0.192. The van der Waals surface area contributed by atoms with Crippen LogP contribution in [0.15, 0.2) is 54.1 Å². The molecule has 1 amide bonds. The third-order valence-electron chi connectivity index (χ3n) is 5.20. The van der Waals surface area contributed by atoms with Crippen molar-refractivity contribution in [1.82, 2.24) is 4.57 Å². The Morgan fingerprint density at radius 2 is 1.91 bits per heavy atom. The molecular weight excluding hydrogens is 438 g/mol. The number of nitriles is 1. The van der Waals surface area contributed by atoms with E-state index in [1.165, 1.54) is 0 Å². The van der Waals surface area contributed by atoms with Gasteiger partial charge in [-0.1, -0.05) is 23.7 Å². The first-order chi connectivity index (χ1) is 15.7. The van der Waals surface area contributed by atoms with Crippen LogP contribution < -0.4 is 5.32 Å². The monoisotopic (exact) mass is 461 g/mol. The van der Waals surface area contributed by atoms with Crippen LogP contribution >= 0.6 is 11.6 Å². The highest BCUT2D eigenvalue weighted by molar-refractivity contribution is 6.31. The van der Waals surface area contributed by atoms with Crippen molar-refractivity contribution in [1.29, 1.82) is 5.26 Å². The van der Waals surface area contributed by atoms with E-state index in [4.69, 9.17) is 16.3 Å². The highest BCUT2D eigenvalue weighted by Gasteiger charge is 2.16. The molecule has 33 heavy (non-hydrogen) atoms. The van der Waals surface area contributed by atoms with Crippen LogP contribution in [0, 0.1) is 32.1 Å². The second-order valence-corrected chi connectivity index (χ2v) is 7.95. The lowest BCUT2D eigenvalue weighted by atomic mass is 10.1. The Labute approximate surface area is 198 Å². The number of rotatable bonds is 6. The number of aromatic nitrogens is 1. The van der Waals surface area contributed by atoms with Gasteiger partial charge in [-0.05, 0) is 81.3 Å². The molecule has 168 valence electrons. The van der Waals surface area contributed by atoms with Crippen molar-refractivity contribution in [3.63, 3.8) is 0 Å². The number of nitrogens with zero attached hydrogens (tertiary/aromatic N) is 2. The highest BCUT2D eigenvalue weighted by Crippen LogP contribution is 2.25. The van der Waals surface area contributed by atoms with Gasteiger partial charge < -0.3 is 14.6 Å². The fourth-order valence-corrected chi connectivity index (χ4v) is 3.71. The minimum atomic E-state index is -0.517. The summed E-state index contributed by atoms with van der Waals surface area (Å²) >= 11 is 6.03. The summed E-state index contributed by atoms with van der Waals surface area (Å²) in [6.07, 6.45) is 1.56. The summed E-state index contributed by atoms with van der Waals surface area (Å²) < 4.78 is 7.06. The molecule has 0 spiro atoms. The molecule has 0 bridgehead atoms. The summed E-state index contributed by atoms with van der Waals surface area (Å²) in [5, 5.41) is 12.9. The second kappa shape index (κ2) is 10.2. The van der Waals surface area contributed by atoms with Gasteiger partial charge in [0.1, 0.15) is 11.6 Å². The molecule has 1 N–H and O–H groups in total. The molecule has 2 aromatic carbocycles. The number of amides is 1. The van der Waals surface area contributed by atoms with Gasteiger partial charge in [0.25, 0.3) is 5.91 Å². The number of halogens is 1. The van der Waals surface area contributed by atoms with E-state index >= 15 is 0 Å². The number of ether oxygens (including phenoxy) is 1. The third kappa shape index (κ3) is 5.33. The summed E-state index contributed by atoms with van der Waals surface area (Å²) in [7, 11) is 0. The van der Waals surface area contributed by atoms with Crippen molar-refractivity contribution in [2.75, 3.05) is 11.9 Å². The molecule has 1 aromatic heterocycles. The molecule has 0 aliphatic carbocycles. The lowest BCUT2D eigenvalue weighted by molar-refractivity contribution is -0.112. The topological polar surface area (TPSA) is 84.1 Å². The summed E-state index contributed by atoms with van der Waals surface area (Å²) in [5.74, 6) is -0.904. The number of benzene rings is 2. The van der Waals surface area contributed by atoms with Crippen molar-refractivity contribution in [2.24, 2.45) is 0 Å². The van der Waals surface area contributed by atoms with Crippen LogP contribution in [0.25, 0.3) is 11.8 Å². The van der Waals surface area contributed by atoms with E-state index in [1.54, 1.807) is 49.4 Å². The van der Waals surface area contributed by atoms with E-state index in [1.807, 2.05) is 43.5 Å². The average Bonchev–Trinajstić information content (AvgIpc) is 3.07. The molecule has 0 radical (unpaired) electrons. The van der Waals surface area contributed by atoms with Gasteiger partial charge in [-0.15, -0.1) is 0 Å². The van der Waals surface area contributed by atoms with Gasteiger partial charge in [0.2, 0.25) is 0 Å². The van der Waals surface area contributed by atoms with Crippen molar-refractivity contribution in [2.45, 2.75) is 27.7 Å². The van der Waals surface area contributed by atoms with E-state index in [0.717, 1.165) is 28.2 Å². The third-order valence-corrected chi connectivity index (χ3v) is 5.43. The number of esters is 1. The van der Waals surface area contributed by atoms with E-state index in [0.29, 0.717) is 22.9 Å². The van der Waals surface area contributed by atoms with Gasteiger partial charge in [0.15, 0.2) is 0 Å². The molecule has 1 heterocycles. The first-order valence-electron chi connectivity index (χ1n) is 10.4. The van der Waals surface area contributed by atoms with Gasteiger partial charge >= 0.3 is 5.97 Å². The van der Waals surface area contributed by atoms with Crippen molar-refractivity contribution >= 4 is 35.2 Å². The molecule has 3 aromatic rings. The van der Waals surface area contributed by atoms with Crippen LogP contribution in [-0.2, 0) is 9.53 Å². The Morgan fingerprint density at radius 3 is 2.61 bits per heavy atom. The number of carbonyl (C=O) groups excluding carboxylic acids is 2. The van der Waals surface area contributed by atoms with E-state index in [-0.39, 0.29) is 11.5 Å². The Bertz CT molecular complexity index is 1300. The van der Waals surface area contributed by atoms with Crippen LogP contribution in [0.2, 0.25) is 5.02 Å². The Balaban J connectivity index is 1.95. The first-order valence-corrected chi connectivity index (χ1v) is 10.8. The Hall–Kier alpha value is -3.82. The maximum Gasteiger partial charge on any atom is 0.338 e. The summed E-state index contributed by atoms with van der Waals surface area (Å²) in [6, 6.07) is 16.2. The molecule has 3 rings (SSSR count). The van der Waals surface area contributed by atoms with E-state index in [2.05, 4.69) is 5.32 Å². The Morgan fingerprint density at radius 1 is 1.15 bits per heavy atom. The molecule has 7 heteroatoms. The summed E-state index contributed by atoms with van der Waals surface area (Å²) in [5.41, 5.74) is 5.04. The summed E-state index contributed by atoms with van der Waals surface area (Å²) in [4.78, 5) is 24.9. The molecule has 6 nitrogen and oxygen atoms in total. The smallest absolute Gasteiger partial charge is 0.338 e. The lowest BCUT2D eigenvalue weighted by Crippen LogP contribution is -2.14. The van der Waals surface area contributed by atoms with Crippen LogP contribution in [0.3, 0.4) is 0 Å².